The van der Waals surface area contributed by atoms with Gasteiger partial charge in [0.2, 0.25) is 0 Å². The third-order valence-electron chi connectivity index (χ3n) is 10.9. The van der Waals surface area contributed by atoms with Gasteiger partial charge >= 0.3 is 0 Å². The van der Waals surface area contributed by atoms with Crippen LogP contribution in [0.3, 0.4) is 0 Å². The zero-order valence-corrected chi connectivity index (χ0v) is 27.4. The first-order chi connectivity index (χ1) is 22.8. The maximum absolute atomic E-state index is 2.50. The summed E-state index contributed by atoms with van der Waals surface area (Å²) in [5.74, 6) is 0. The molecule has 0 N–H and O–H groups in total. The quantitative estimate of drug-likeness (QED) is 0.193. The molecule has 2 aliphatic rings. The second kappa shape index (κ2) is 10.0. The first-order valence-electron chi connectivity index (χ1n) is 16.7. The summed E-state index contributed by atoms with van der Waals surface area (Å²) in [5.41, 5.74) is 16.7. The number of hydrogen-bond acceptors (Lipinski definition) is 1. The summed E-state index contributed by atoms with van der Waals surface area (Å²) in [6.45, 7) is 9.49. The smallest absolute Gasteiger partial charge is 0.0508 e. The van der Waals surface area contributed by atoms with E-state index in [1.165, 1.54) is 77.8 Å². The first-order valence-corrected chi connectivity index (χ1v) is 16.7. The van der Waals surface area contributed by atoms with Crippen LogP contribution in [0.15, 0.2) is 152 Å². The molecule has 1 heteroatoms. The number of benzene rings is 7. The third-order valence-corrected chi connectivity index (χ3v) is 10.9. The molecule has 0 amide bonds. The molecule has 0 bridgehead atoms. The molecule has 226 valence electrons. The minimum atomic E-state index is -0.143. The van der Waals surface area contributed by atoms with Crippen LogP contribution < -0.4 is 4.90 Å². The molecular weight excluding hydrogens is 567 g/mol. The van der Waals surface area contributed by atoms with Crippen molar-refractivity contribution in [3.8, 4) is 33.4 Å². The molecular formula is C46H37N. The van der Waals surface area contributed by atoms with E-state index < -0.39 is 0 Å². The number of rotatable bonds is 4. The molecule has 47 heavy (non-hydrogen) atoms. The van der Waals surface area contributed by atoms with E-state index in [4.69, 9.17) is 0 Å². The van der Waals surface area contributed by atoms with E-state index in [1.807, 2.05) is 0 Å². The van der Waals surface area contributed by atoms with Gasteiger partial charge in [0.25, 0.3) is 0 Å². The monoisotopic (exact) mass is 603 g/mol. The highest BCUT2D eigenvalue weighted by atomic mass is 15.1. The van der Waals surface area contributed by atoms with E-state index in [0.717, 1.165) is 5.69 Å². The van der Waals surface area contributed by atoms with Gasteiger partial charge in [0.1, 0.15) is 0 Å². The zero-order chi connectivity index (χ0) is 31.9. The van der Waals surface area contributed by atoms with E-state index in [2.05, 4.69) is 184 Å². The SMILES string of the molecule is CC1(C)c2ccccc2-c2ccc(N(c3ccc(-c4cccc5ccccc45)cc3)c3cccc4c3C(C)(C)c3ccccc3-4)cc21. The molecule has 0 saturated carbocycles. The Balaban J connectivity index is 1.25. The van der Waals surface area contributed by atoms with Crippen molar-refractivity contribution < 1.29 is 0 Å². The number of nitrogens with zero attached hydrogens (tertiary/aromatic N) is 1. The lowest BCUT2D eigenvalue weighted by Gasteiger charge is -2.33. The molecule has 0 unspecified atom stereocenters. The highest BCUT2D eigenvalue weighted by Crippen LogP contribution is 2.55. The molecule has 0 heterocycles. The van der Waals surface area contributed by atoms with Crippen LogP contribution in [-0.2, 0) is 10.8 Å². The van der Waals surface area contributed by atoms with Crippen molar-refractivity contribution in [2.75, 3.05) is 4.90 Å². The lowest BCUT2D eigenvalue weighted by Crippen LogP contribution is -2.21. The van der Waals surface area contributed by atoms with Gasteiger partial charge < -0.3 is 4.90 Å². The van der Waals surface area contributed by atoms with Gasteiger partial charge in [0.15, 0.2) is 0 Å². The fourth-order valence-corrected chi connectivity index (χ4v) is 8.53. The molecule has 7 aromatic rings. The zero-order valence-electron chi connectivity index (χ0n) is 27.4. The number of hydrogen-bond donors (Lipinski definition) is 0. The van der Waals surface area contributed by atoms with Crippen LogP contribution in [0.1, 0.15) is 49.9 Å². The van der Waals surface area contributed by atoms with E-state index in [9.17, 15) is 0 Å². The van der Waals surface area contributed by atoms with E-state index in [-0.39, 0.29) is 10.8 Å². The van der Waals surface area contributed by atoms with Gasteiger partial charge in [-0.3, -0.25) is 0 Å². The van der Waals surface area contributed by atoms with Gasteiger partial charge in [-0.05, 0) is 96.7 Å². The normalized spacial score (nSPS) is 14.7. The maximum Gasteiger partial charge on any atom is 0.0508 e. The van der Waals surface area contributed by atoms with Gasteiger partial charge in [0.05, 0.1) is 5.69 Å². The predicted molar refractivity (Wildman–Crippen MR) is 199 cm³/mol. The number of fused-ring (bicyclic) bond motifs is 7. The Bertz CT molecular complexity index is 2350. The summed E-state index contributed by atoms with van der Waals surface area (Å²) in [7, 11) is 0. The van der Waals surface area contributed by atoms with Gasteiger partial charge in [-0.15, -0.1) is 0 Å². The van der Waals surface area contributed by atoms with Crippen LogP contribution in [0.25, 0.3) is 44.2 Å². The van der Waals surface area contributed by atoms with Crippen LogP contribution in [0, 0.1) is 0 Å². The molecule has 0 aromatic heterocycles. The summed E-state index contributed by atoms with van der Waals surface area (Å²) in [5, 5.41) is 2.54. The maximum atomic E-state index is 2.50. The predicted octanol–water partition coefficient (Wildman–Crippen LogP) is 12.6. The second-order valence-electron chi connectivity index (χ2n) is 14.2. The van der Waals surface area contributed by atoms with E-state index in [1.54, 1.807) is 0 Å². The van der Waals surface area contributed by atoms with Gasteiger partial charge in [-0.1, -0.05) is 149 Å². The Morgan fingerprint density at radius 1 is 0.404 bits per heavy atom. The molecule has 0 aliphatic heterocycles. The topological polar surface area (TPSA) is 3.24 Å². The average Bonchev–Trinajstić information content (AvgIpc) is 3.48. The Morgan fingerprint density at radius 2 is 0.957 bits per heavy atom. The molecule has 2 aliphatic carbocycles. The Labute approximate surface area is 277 Å². The summed E-state index contributed by atoms with van der Waals surface area (Å²) in [4.78, 5) is 2.50. The molecule has 9 rings (SSSR count). The minimum Gasteiger partial charge on any atom is -0.310 e. The molecule has 0 atom stereocenters. The fraction of sp³-hybridized carbons (Fsp3) is 0.130. The Hall–Kier alpha value is -5.40. The summed E-state index contributed by atoms with van der Waals surface area (Å²) in [6, 6.07) is 56.2. The molecule has 0 radical (unpaired) electrons. The van der Waals surface area contributed by atoms with Crippen LogP contribution in [0.2, 0.25) is 0 Å². The van der Waals surface area contributed by atoms with Gasteiger partial charge in [-0.2, -0.15) is 0 Å². The molecule has 0 fully saturated rings. The fourth-order valence-electron chi connectivity index (χ4n) is 8.53. The lowest BCUT2D eigenvalue weighted by molar-refractivity contribution is 0.658. The van der Waals surface area contributed by atoms with Crippen LogP contribution >= 0.6 is 0 Å². The van der Waals surface area contributed by atoms with Crippen molar-refractivity contribution in [1.82, 2.24) is 0 Å². The van der Waals surface area contributed by atoms with Crippen LogP contribution in [-0.4, -0.2) is 0 Å². The molecule has 0 spiro atoms. The second-order valence-corrected chi connectivity index (χ2v) is 14.2. The highest BCUT2D eigenvalue weighted by molar-refractivity contribution is 5.97. The number of anilines is 3. The van der Waals surface area contributed by atoms with Crippen molar-refractivity contribution in [2.45, 2.75) is 38.5 Å². The third kappa shape index (κ3) is 4.02. The van der Waals surface area contributed by atoms with Crippen molar-refractivity contribution in [1.29, 1.82) is 0 Å². The average molecular weight is 604 g/mol. The van der Waals surface area contributed by atoms with E-state index in [0.29, 0.717) is 0 Å². The van der Waals surface area contributed by atoms with Crippen molar-refractivity contribution in [2.24, 2.45) is 0 Å². The standard InChI is InChI=1S/C46H37N/c1-45(2)40-20-9-7-16-36(40)38-28-27-33(29-42(38)45)47(43-22-12-19-39-37-17-8-10-21-41(37)46(3,4)44(39)43)32-25-23-31(24-26-32)35-18-11-14-30-13-5-6-15-34(30)35/h5-29H,1-4H3. The summed E-state index contributed by atoms with van der Waals surface area (Å²) < 4.78 is 0. The Kier molecular flexibility index (Phi) is 5.96. The van der Waals surface area contributed by atoms with E-state index >= 15 is 0 Å². The summed E-state index contributed by atoms with van der Waals surface area (Å²) in [6.07, 6.45) is 0. The van der Waals surface area contributed by atoms with Crippen LogP contribution in [0.4, 0.5) is 17.1 Å². The van der Waals surface area contributed by atoms with Crippen LogP contribution in [0.5, 0.6) is 0 Å². The van der Waals surface area contributed by atoms with Crippen molar-refractivity contribution in [3.63, 3.8) is 0 Å². The molecule has 0 saturated heterocycles. The highest BCUT2D eigenvalue weighted by Gasteiger charge is 2.40. The lowest BCUT2D eigenvalue weighted by atomic mass is 9.81. The minimum absolute atomic E-state index is 0.0834. The molecule has 7 aromatic carbocycles. The van der Waals surface area contributed by atoms with Crippen molar-refractivity contribution in [3.05, 3.63) is 174 Å². The summed E-state index contributed by atoms with van der Waals surface area (Å²) >= 11 is 0. The Morgan fingerprint density at radius 3 is 1.74 bits per heavy atom. The van der Waals surface area contributed by atoms with Gasteiger partial charge in [-0.25, -0.2) is 0 Å². The van der Waals surface area contributed by atoms with Crippen molar-refractivity contribution >= 4 is 27.8 Å². The largest absolute Gasteiger partial charge is 0.310 e. The molecule has 1 nitrogen and oxygen atoms in total. The van der Waals surface area contributed by atoms with Gasteiger partial charge in [0, 0.05) is 22.2 Å². The first kappa shape index (κ1) is 27.9.